The van der Waals surface area contributed by atoms with E-state index >= 15 is 0 Å². The number of carboxylic acids is 1. The largest absolute Gasteiger partial charge is 0.475 e. The van der Waals surface area contributed by atoms with Crippen LogP contribution >= 0.6 is 0 Å². The molecule has 0 aliphatic heterocycles. The third-order valence-electron chi connectivity index (χ3n) is 1.68. The van der Waals surface area contributed by atoms with Crippen molar-refractivity contribution < 1.29 is 14.7 Å². The highest BCUT2D eigenvalue weighted by atomic mass is 16.4. The fourth-order valence-electron chi connectivity index (χ4n) is 1.07. The molecule has 0 aromatic carbocycles. The third-order valence-corrected chi connectivity index (χ3v) is 1.68. The summed E-state index contributed by atoms with van der Waals surface area (Å²) in [6, 6.07) is 1.70. The predicted molar refractivity (Wildman–Crippen MR) is 44.3 cm³/mol. The van der Waals surface area contributed by atoms with Crippen LogP contribution in [0.1, 0.15) is 11.4 Å². The van der Waals surface area contributed by atoms with E-state index < -0.39 is 11.8 Å². The fraction of sp³-hybridized carbons (Fsp3) is 0.375. The number of carbonyl (C=O) groups excluding carboxylic acids is 1. The first kappa shape index (κ1) is 9.44. The number of hydrogen-bond donors (Lipinski definition) is 1. The molecular formula is C8H10N2O3. The van der Waals surface area contributed by atoms with Gasteiger partial charge in [-0.1, -0.05) is 0 Å². The van der Waals surface area contributed by atoms with Crippen molar-refractivity contribution in [2.45, 2.75) is 13.3 Å². The van der Waals surface area contributed by atoms with Crippen LogP contribution in [0, 0.1) is 6.92 Å². The van der Waals surface area contributed by atoms with E-state index in [1.54, 1.807) is 20.0 Å². The topological polar surface area (TPSA) is 72.2 Å². The smallest absolute Gasteiger partial charge is 0.372 e. The minimum absolute atomic E-state index is 0.104. The van der Waals surface area contributed by atoms with E-state index in [2.05, 4.69) is 5.10 Å². The zero-order valence-electron chi connectivity index (χ0n) is 7.44. The number of ketones is 1. The second kappa shape index (κ2) is 3.38. The summed E-state index contributed by atoms with van der Waals surface area (Å²) in [7, 11) is 1.68. The number of nitrogens with zero attached hydrogens (tertiary/aromatic N) is 2. The molecule has 1 aromatic rings. The second-order valence-electron chi connectivity index (χ2n) is 2.81. The standard InChI is InChI=1S/C8H10N2O3/c1-5-3-6(10(2)9-5)4-7(11)8(12)13/h3H,4H2,1-2H3,(H,12,13). The van der Waals surface area contributed by atoms with E-state index in [9.17, 15) is 9.59 Å². The zero-order valence-corrected chi connectivity index (χ0v) is 7.44. The first-order valence-corrected chi connectivity index (χ1v) is 3.76. The van der Waals surface area contributed by atoms with Crippen LogP contribution in [0.15, 0.2) is 6.07 Å². The average Bonchev–Trinajstić information content (AvgIpc) is 2.30. The van der Waals surface area contributed by atoms with Gasteiger partial charge in [0.25, 0.3) is 0 Å². The lowest BCUT2D eigenvalue weighted by Crippen LogP contribution is -2.16. The number of hydrogen-bond acceptors (Lipinski definition) is 3. The molecule has 1 rings (SSSR count). The molecule has 0 saturated carbocycles. The molecule has 0 amide bonds. The highest BCUT2D eigenvalue weighted by Crippen LogP contribution is 2.02. The molecule has 1 N–H and O–H groups in total. The molecular weight excluding hydrogens is 172 g/mol. The molecule has 13 heavy (non-hydrogen) atoms. The van der Waals surface area contributed by atoms with Crippen molar-refractivity contribution in [1.82, 2.24) is 9.78 Å². The molecule has 1 aromatic heterocycles. The molecule has 0 aliphatic rings. The van der Waals surface area contributed by atoms with Crippen molar-refractivity contribution in [3.63, 3.8) is 0 Å². The summed E-state index contributed by atoms with van der Waals surface area (Å²) in [5, 5.41) is 12.4. The molecule has 0 fully saturated rings. The minimum Gasteiger partial charge on any atom is -0.475 e. The van der Waals surface area contributed by atoms with Gasteiger partial charge in [-0.2, -0.15) is 5.10 Å². The lowest BCUT2D eigenvalue weighted by molar-refractivity contribution is -0.148. The van der Waals surface area contributed by atoms with E-state index in [0.717, 1.165) is 5.69 Å². The first-order chi connectivity index (χ1) is 6.00. The lowest BCUT2D eigenvalue weighted by Gasteiger charge is -1.96. The van der Waals surface area contributed by atoms with Gasteiger partial charge in [0, 0.05) is 12.7 Å². The van der Waals surface area contributed by atoms with E-state index in [4.69, 9.17) is 5.11 Å². The highest BCUT2D eigenvalue weighted by molar-refractivity contribution is 6.33. The average molecular weight is 182 g/mol. The summed E-state index contributed by atoms with van der Waals surface area (Å²) in [5.41, 5.74) is 1.39. The lowest BCUT2D eigenvalue weighted by atomic mass is 10.2. The molecule has 5 heteroatoms. The molecule has 0 radical (unpaired) electrons. The number of aryl methyl sites for hydroxylation is 2. The van der Waals surface area contributed by atoms with Gasteiger partial charge in [-0.3, -0.25) is 9.48 Å². The molecule has 0 saturated heterocycles. The molecule has 5 nitrogen and oxygen atoms in total. The maximum absolute atomic E-state index is 10.8. The SMILES string of the molecule is Cc1cc(CC(=O)C(=O)O)n(C)n1. The van der Waals surface area contributed by atoms with Crippen molar-refractivity contribution in [1.29, 1.82) is 0 Å². The van der Waals surface area contributed by atoms with Gasteiger partial charge in [-0.05, 0) is 13.0 Å². The van der Waals surface area contributed by atoms with Crippen LogP contribution in [0.2, 0.25) is 0 Å². The van der Waals surface area contributed by atoms with E-state index in [1.165, 1.54) is 4.68 Å². The van der Waals surface area contributed by atoms with Crippen LogP contribution < -0.4 is 0 Å². The molecule has 0 bridgehead atoms. The maximum Gasteiger partial charge on any atom is 0.372 e. The van der Waals surface area contributed by atoms with Gasteiger partial charge >= 0.3 is 5.97 Å². The molecule has 0 spiro atoms. The Morgan fingerprint density at radius 2 is 2.23 bits per heavy atom. The Morgan fingerprint density at radius 1 is 1.62 bits per heavy atom. The summed E-state index contributed by atoms with van der Waals surface area (Å²) in [6.45, 7) is 1.79. The summed E-state index contributed by atoms with van der Waals surface area (Å²) in [5.74, 6) is -2.22. The number of carbonyl (C=O) groups is 2. The van der Waals surface area contributed by atoms with E-state index in [0.29, 0.717) is 5.69 Å². The number of Topliss-reactive ketones (excluding diaryl/α,β-unsaturated/α-hetero) is 1. The first-order valence-electron chi connectivity index (χ1n) is 3.76. The highest BCUT2D eigenvalue weighted by Gasteiger charge is 2.14. The van der Waals surface area contributed by atoms with Crippen molar-refractivity contribution in [3.05, 3.63) is 17.5 Å². The Hall–Kier alpha value is -1.65. The monoisotopic (exact) mass is 182 g/mol. The zero-order chi connectivity index (χ0) is 10.0. The van der Waals surface area contributed by atoms with Gasteiger partial charge < -0.3 is 5.11 Å². The second-order valence-corrected chi connectivity index (χ2v) is 2.81. The van der Waals surface area contributed by atoms with Gasteiger partial charge in [0.1, 0.15) is 0 Å². The van der Waals surface area contributed by atoms with E-state index in [-0.39, 0.29) is 6.42 Å². The van der Waals surface area contributed by atoms with Crippen LogP contribution in [0.25, 0.3) is 0 Å². The fourth-order valence-corrected chi connectivity index (χ4v) is 1.07. The van der Waals surface area contributed by atoms with Crippen molar-refractivity contribution >= 4 is 11.8 Å². The summed E-state index contributed by atoms with van der Waals surface area (Å²) >= 11 is 0. The molecule has 1 heterocycles. The van der Waals surface area contributed by atoms with Crippen LogP contribution in [0.3, 0.4) is 0 Å². The Balaban J connectivity index is 2.80. The van der Waals surface area contributed by atoms with Gasteiger partial charge in [-0.15, -0.1) is 0 Å². The quantitative estimate of drug-likeness (QED) is 0.664. The van der Waals surface area contributed by atoms with Crippen LogP contribution in [-0.4, -0.2) is 26.6 Å². The van der Waals surface area contributed by atoms with Crippen molar-refractivity contribution in [2.24, 2.45) is 7.05 Å². The molecule has 0 aliphatic carbocycles. The molecule has 0 unspecified atom stereocenters. The van der Waals surface area contributed by atoms with Crippen molar-refractivity contribution in [3.8, 4) is 0 Å². The van der Waals surface area contributed by atoms with Crippen LogP contribution in [-0.2, 0) is 23.1 Å². The van der Waals surface area contributed by atoms with Gasteiger partial charge in [0.2, 0.25) is 5.78 Å². The third kappa shape index (κ3) is 2.14. The van der Waals surface area contributed by atoms with Gasteiger partial charge in [0.05, 0.1) is 12.1 Å². The maximum atomic E-state index is 10.8. The van der Waals surface area contributed by atoms with Crippen LogP contribution in [0.4, 0.5) is 0 Å². The Morgan fingerprint density at radius 3 is 2.62 bits per heavy atom. The minimum atomic E-state index is -1.40. The Labute approximate surface area is 75.0 Å². The molecule has 70 valence electrons. The van der Waals surface area contributed by atoms with Crippen molar-refractivity contribution in [2.75, 3.05) is 0 Å². The normalized spacial score (nSPS) is 10.0. The van der Waals surface area contributed by atoms with Gasteiger partial charge in [-0.25, -0.2) is 4.79 Å². The number of aromatic nitrogens is 2. The number of carboxylic acid groups (broad SMARTS) is 1. The summed E-state index contributed by atoms with van der Waals surface area (Å²) in [6.07, 6.45) is -0.104. The summed E-state index contributed by atoms with van der Waals surface area (Å²) < 4.78 is 1.51. The van der Waals surface area contributed by atoms with Crippen LogP contribution in [0.5, 0.6) is 0 Å². The van der Waals surface area contributed by atoms with E-state index in [1.807, 2.05) is 0 Å². The Bertz CT molecular complexity index is 354. The molecule has 0 atom stereocenters. The Kier molecular flexibility index (Phi) is 2.46. The predicted octanol–water partition coefficient (Wildman–Crippen LogP) is -0.0753. The van der Waals surface area contributed by atoms with Gasteiger partial charge in [0.15, 0.2) is 0 Å². The number of rotatable bonds is 3. The summed E-state index contributed by atoms with van der Waals surface area (Å²) in [4.78, 5) is 21.1. The number of aliphatic carboxylic acids is 1.